The molecule has 0 radical (unpaired) electrons. The maximum absolute atomic E-state index is 5.30. The van der Waals surface area contributed by atoms with E-state index in [0.717, 1.165) is 21.7 Å². The van der Waals surface area contributed by atoms with Gasteiger partial charge in [0.05, 0.1) is 19.0 Å². The Morgan fingerprint density at radius 3 is 2.80 bits per heavy atom. The van der Waals surface area contributed by atoms with Crippen LogP contribution in [0.4, 0.5) is 0 Å². The van der Waals surface area contributed by atoms with Crippen molar-refractivity contribution in [3.05, 3.63) is 34.7 Å². The molecular weight excluding hydrogens is 256 g/mol. The van der Waals surface area contributed by atoms with Crippen molar-refractivity contribution in [1.29, 1.82) is 0 Å². The Morgan fingerprint density at radius 2 is 2.20 bits per heavy atom. The highest BCUT2D eigenvalue weighted by Gasteiger charge is 2.08. The molecule has 0 atom stereocenters. The van der Waals surface area contributed by atoms with Crippen LogP contribution in [0.25, 0.3) is 11.3 Å². The molecule has 2 rings (SSSR count). The van der Waals surface area contributed by atoms with Gasteiger partial charge in [0.15, 0.2) is 4.73 Å². The second-order valence-electron chi connectivity index (χ2n) is 3.29. The number of nitrogens with one attached hydrogen (secondary N) is 1. The molecule has 0 aliphatic heterocycles. The Kier molecular flexibility index (Phi) is 2.77. The summed E-state index contributed by atoms with van der Waals surface area (Å²) < 4.78 is 6.02. The molecule has 0 aliphatic rings. The summed E-state index contributed by atoms with van der Waals surface area (Å²) in [5.41, 5.74) is 3.16. The van der Waals surface area contributed by atoms with E-state index in [1.807, 2.05) is 19.1 Å². The highest BCUT2D eigenvalue weighted by Crippen LogP contribution is 2.29. The van der Waals surface area contributed by atoms with Gasteiger partial charge in [0.25, 0.3) is 0 Å². The van der Waals surface area contributed by atoms with Crippen LogP contribution in [0, 0.1) is 6.92 Å². The highest BCUT2D eigenvalue weighted by atomic mass is 79.9. The molecule has 0 bridgehead atoms. The zero-order chi connectivity index (χ0) is 10.8. The number of halogens is 1. The number of methoxy groups -OCH3 is 1. The molecule has 0 unspecified atom stereocenters. The lowest BCUT2D eigenvalue weighted by Crippen LogP contribution is -1.88. The van der Waals surface area contributed by atoms with Gasteiger partial charge in [0.1, 0.15) is 5.75 Å². The van der Waals surface area contributed by atoms with E-state index in [1.165, 1.54) is 5.56 Å². The number of aromatic amines is 1. The van der Waals surface area contributed by atoms with Crippen molar-refractivity contribution in [3.8, 4) is 17.0 Å². The number of nitrogens with zero attached hydrogens (tertiary/aromatic N) is 1. The largest absolute Gasteiger partial charge is 0.496 e. The first-order valence-corrected chi connectivity index (χ1v) is 5.35. The molecule has 1 aromatic carbocycles. The summed E-state index contributed by atoms with van der Waals surface area (Å²) in [6, 6.07) is 6.05. The Morgan fingerprint density at radius 1 is 1.40 bits per heavy atom. The van der Waals surface area contributed by atoms with Crippen LogP contribution in [0.15, 0.2) is 29.1 Å². The minimum atomic E-state index is 0.723. The Labute approximate surface area is 96.6 Å². The summed E-state index contributed by atoms with van der Waals surface area (Å²) in [5, 5.41) is 0. The zero-order valence-electron chi connectivity index (χ0n) is 8.54. The molecule has 2 aromatic rings. The quantitative estimate of drug-likeness (QED) is 0.907. The molecule has 15 heavy (non-hydrogen) atoms. The third kappa shape index (κ3) is 2.04. The number of aromatic nitrogens is 2. The molecule has 0 spiro atoms. The van der Waals surface area contributed by atoms with E-state index in [-0.39, 0.29) is 0 Å². The number of benzene rings is 1. The molecule has 78 valence electrons. The van der Waals surface area contributed by atoms with Crippen LogP contribution in [-0.4, -0.2) is 17.1 Å². The van der Waals surface area contributed by atoms with E-state index >= 15 is 0 Å². The van der Waals surface area contributed by atoms with Crippen molar-refractivity contribution in [2.75, 3.05) is 7.11 Å². The minimum Gasteiger partial charge on any atom is -0.496 e. The Balaban J connectivity index is 2.55. The number of ether oxygens (including phenoxy) is 1. The second kappa shape index (κ2) is 4.06. The SMILES string of the molecule is COc1ccc(C)cc1-c1cnc(Br)[nH]1. The van der Waals surface area contributed by atoms with Gasteiger partial charge < -0.3 is 9.72 Å². The van der Waals surface area contributed by atoms with Crippen LogP contribution in [0.2, 0.25) is 0 Å². The van der Waals surface area contributed by atoms with Crippen molar-refractivity contribution >= 4 is 15.9 Å². The standard InChI is InChI=1S/C11H11BrN2O/c1-7-3-4-10(15-2)8(5-7)9-6-13-11(12)14-9/h3-6H,1-2H3,(H,13,14). The monoisotopic (exact) mass is 266 g/mol. The summed E-state index contributed by atoms with van der Waals surface area (Å²) in [7, 11) is 1.67. The first-order chi connectivity index (χ1) is 7.20. The van der Waals surface area contributed by atoms with Crippen LogP contribution in [-0.2, 0) is 0 Å². The van der Waals surface area contributed by atoms with Crippen LogP contribution in [0.5, 0.6) is 5.75 Å². The zero-order valence-corrected chi connectivity index (χ0v) is 10.1. The number of hydrogen-bond acceptors (Lipinski definition) is 2. The molecule has 0 fully saturated rings. The lowest BCUT2D eigenvalue weighted by atomic mass is 10.1. The van der Waals surface area contributed by atoms with Crippen molar-refractivity contribution < 1.29 is 4.74 Å². The van der Waals surface area contributed by atoms with Crippen molar-refractivity contribution in [3.63, 3.8) is 0 Å². The fraction of sp³-hybridized carbons (Fsp3) is 0.182. The molecule has 0 saturated heterocycles. The van der Waals surface area contributed by atoms with Crippen LogP contribution >= 0.6 is 15.9 Å². The van der Waals surface area contributed by atoms with Gasteiger partial charge in [-0.2, -0.15) is 0 Å². The van der Waals surface area contributed by atoms with Gasteiger partial charge in [-0.3, -0.25) is 0 Å². The molecular formula is C11H11BrN2O. The average molecular weight is 267 g/mol. The van der Waals surface area contributed by atoms with E-state index in [1.54, 1.807) is 13.3 Å². The fourth-order valence-electron chi connectivity index (χ4n) is 1.47. The molecule has 3 nitrogen and oxygen atoms in total. The van der Waals surface area contributed by atoms with E-state index in [0.29, 0.717) is 0 Å². The predicted octanol–water partition coefficient (Wildman–Crippen LogP) is 3.16. The van der Waals surface area contributed by atoms with Crippen LogP contribution < -0.4 is 4.74 Å². The molecule has 1 aromatic heterocycles. The maximum atomic E-state index is 5.30. The van der Waals surface area contributed by atoms with Gasteiger partial charge >= 0.3 is 0 Å². The molecule has 0 saturated carbocycles. The van der Waals surface area contributed by atoms with E-state index in [4.69, 9.17) is 4.74 Å². The summed E-state index contributed by atoms with van der Waals surface area (Å²) >= 11 is 3.29. The summed E-state index contributed by atoms with van der Waals surface area (Å²) in [4.78, 5) is 7.22. The van der Waals surface area contributed by atoms with E-state index in [2.05, 4.69) is 32.0 Å². The molecule has 0 amide bonds. The van der Waals surface area contributed by atoms with Gasteiger partial charge in [0.2, 0.25) is 0 Å². The normalized spacial score (nSPS) is 10.3. The number of rotatable bonds is 2. The lowest BCUT2D eigenvalue weighted by molar-refractivity contribution is 0.416. The lowest BCUT2D eigenvalue weighted by Gasteiger charge is -2.07. The first-order valence-electron chi connectivity index (χ1n) is 4.56. The molecule has 1 heterocycles. The van der Waals surface area contributed by atoms with Gasteiger partial charge in [0, 0.05) is 5.56 Å². The summed E-state index contributed by atoms with van der Waals surface area (Å²) in [6.07, 6.45) is 1.78. The van der Waals surface area contributed by atoms with Crippen molar-refractivity contribution in [2.45, 2.75) is 6.92 Å². The minimum absolute atomic E-state index is 0.723. The summed E-state index contributed by atoms with van der Waals surface area (Å²) in [5.74, 6) is 0.844. The van der Waals surface area contributed by atoms with Crippen LogP contribution in [0.3, 0.4) is 0 Å². The number of imidazole rings is 1. The van der Waals surface area contributed by atoms with E-state index in [9.17, 15) is 0 Å². The third-order valence-electron chi connectivity index (χ3n) is 2.19. The Hall–Kier alpha value is -1.29. The molecule has 0 aliphatic carbocycles. The second-order valence-corrected chi connectivity index (χ2v) is 4.04. The van der Waals surface area contributed by atoms with Gasteiger partial charge in [-0.15, -0.1) is 0 Å². The van der Waals surface area contributed by atoms with Crippen LogP contribution in [0.1, 0.15) is 5.56 Å². The van der Waals surface area contributed by atoms with E-state index < -0.39 is 0 Å². The number of hydrogen-bond donors (Lipinski definition) is 1. The first kappa shape index (κ1) is 10.2. The molecule has 4 heteroatoms. The highest BCUT2D eigenvalue weighted by molar-refractivity contribution is 9.10. The molecule has 1 N–H and O–H groups in total. The van der Waals surface area contributed by atoms with Crippen molar-refractivity contribution in [2.24, 2.45) is 0 Å². The smallest absolute Gasteiger partial charge is 0.174 e. The van der Waals surface area contributed by atoms with Gasteiger partial charge in [-0.1, -0.05) is 11.6 Å². The number of H-pyrrole nitrogens is 1. The predicted molar refractivity (Wildman–Crippen MR) is 63.0 cm³/mol. The average Bonchev–Trinajstić information content (AvgIpc) is 2.65. The fourth-order valence-corrected chi connectivity index (χ4v) is 1.78. The number of aryl methyl sites for hydroxylation is 1. The van der Waals surface area contributed by atoms with Crippen molar-refractivity contribution in [1.82, 2.24) is 9.97 Å². The van der Waals surface area contributed by atoms with Gasteiger partial charge in [-0.05, 0) is 35.0 Å². The summed E-state index contributed by atoms with van der Waals surface area (Å²) in [6.45, 7) is 2.05. The maximum Gasteiger partial charge on any atom is 0.174 e. The Bertz CT molecular complexity index is 479. The topological polar surface area (TPSA) is 37.9 Å². The van der Waals surface area contributed by atoms with Gasteiger partial charge in [-0.25, -0.2) is 4.98 Å². The third-order valence-corrected chi connectivity index (χ3v) is 2.59.